The number of aryl methyl sites for hydroxylation is 1. The number of benzene rings is 2. The average Bonchev–Trinajstić information content (AvgIpc) is 2.93. The van der Waals surface area contributed by atoms with Crippen molar-refractivity contribution in [2.24, 2.45) is 5.84 Å². The van der Waals surface area contributed by atoms with E-state index >= 15 is 0 Å². The van der Waals surface area contributed by atoms with E-state index in [2.05, 4.69) is 35.8 Å². The number of hydrogen-bond donors (Lipinski definition) is 2. The maximum Gasteiger partial charge on any atom is 0.134 e. The molecular weight excluding hydrogens is 248 g/mol. The SMILES string of the molecule is NNC(CCc1ccccc1)c1coc2ccccc12. The maximum atomic E-state index is 5.73. The number of rotatable bonds is 5. The molecule has 0 aliphatic carbocycles. The van der Waals surface area contributed by atoms with Gasteiger partial charge in [-0.1, -0.05) is 48.5 Å². The molecule has 20 heavy (non-hydrogen) atoms. The van der Waals surface area contributed by atoms with Crippen LogP contribution in [0, 0.1) is 0 Å². The van der Waals surface area contributed by atoms with Crippen molar-refractivity contribution in [3.05, 3.63) is 72.0 Å². The zero-order valence-corrected chi connectivity index (χ0v) is 11.3. The third-order valence-corrected chi connectivity index (χ3v) is 3.65. The van der Waals surface area contributed by atoms with Crippen molar-refractivity contribution in [3.63, 3.8) is 0 Å². The number of furan rings is 1. The van der Waals surface area contributed by atoms with Gasteiger partial charge in [-0.15, -0.1) is 0 Å². The summed E-state index contributed by atoms with van der Waals surface area (Å²) in [5.74, 6) is 5.73. The first-order valence-corrected chi connectivity index (χ1v) is 6.84. The molecule has 1 atom stereocenters. The first kappa shape index (κ1) is 12.9. The van der Waals surface area contributed by atoms with Gasteiger partial charge >= 0.3 is 0 Å². The van der Waals surface area contributed by atoms with Gasteiger partial charge in [0, 0.05) is 10.9 Å². The molecule has 0 radical (unpaired) electrons. The Morgan fingerprint density at radius 1 is 1.00 bits per heavy atom. The standard InChI is InChI=1S/C17H18N2O/c18-19-16(11-10-13-6-2-1-3-7-13)15-12-20-17-9-5-4-8-14(15)17/h1-9,12,16,19H,10-11,18H2. The van der Waals surface area contributed by atoms with Crippen LogP contribution in [0.15, 0.2) is 65.3 Å². The average molecular weight is 266 g/mol. The van der Waals surface area contributed by atoms with Gasteiger partial charge in [-0.05, 0) is 24.5 Å². The van der Waals surface area contributed by atoms with Gasteiger partial charge in [0.25, 0.3) is 0 Å². The fourth-order valence-corrected chi connectivity index (χ4v) is 2.55. The zero-order chi connectivity index (χ0) is 13.8. The van der Waals surface area contributed by atoms with Crippen LogP contribution in [0.5, 0.6) is 0 Å². The van der Waals surface area contributed by atoms with Crippen molar-refractivity contribution in [1.29, 1.82) is 0 Å². The molecule has 0 saturated heterocycles. The van der Waals surface area contributed by atoms with Gasteiger partial charge in [0.15, 0.2) is 0 Å². The lowest BCUT2D eigenvalue weighted by atomic mass is 9.99. The molecule has 3 aromatic rings. The van der Waals surface area contributed by atoms with E-state index in [1.54, 1.807) is 6.26 Å². The van der Waals surface area contributed by atoms with Crippen LogP contribution in [0.4, 0.5) is 0 Å². The van der Waals surface area contributed by atoms with Crippen molar-refractivity contribution < 1.29 is 4.42 Å². The van der Waals surface area contributed by atoms with E-state index in [9.17, 15) is 0 Å². The fraction of sp³-hybridized carbons (Fsp3) is 0.176. The Balaban J connectivity index is 1.79. The molecule has 0 amide bonds. The van der Waals surface area contributed by atoms with E-state index < -0.39 is 0 Å². The van der Waals surface area contributed by atoms with E-state index in [0.717, 1.165) is 29.4 Å². The molecule has 102 valence electrons. The van der Waals surface area contributed by atoms with Gasteiger partial charge in [0.1, 0.15) is 5.58 Å². The Kier molecular flexibility index (Phi) is 3.81. The number of fused-ring (bicyclic) bond motifs is 1. The number of nitrogens with one attached hydrogen (secondary N) is 1. The van der Waals surface area contributed by atoms with Gasteiger partial charge in [-0.2, -0.15) is 0 Å². The van der Waals surface area contributed by atoms with Crippen LogP contribution in [0.25, 0.3) is 11.0 Å². The van der Waals surface area contributed by atoms with Crippen LogP contribution in [-0.4, -0.2) is 0 Å². The molecule has 2 aromatic carbocycles. The van der Waals surface area contributed by atoms with Gasteiger partial charge < -0.3 is 4.42 Å². The number of hydrazine groups is 1. The first-order chi connectivity index (χ1) is 9.88. The monoisotopic (exact) mass is 266 g/mol. The van der Waals surface area contributed by atoms with E-state index in [0.29, 0.717) is 0 Å². The van der Waals surface area contributed by atoms with Crippen molar-refractivity contribution in [3.8, 4) is 0 Å². The first-order valence-electron chi connectivity index (χ1n) is 6.84. The predicted molar refractivity (Wildman–Crippen MR) is 81.0 cm³/mol. The van der Waals surface area contributed by atoms with Crippen LogP contribution < -0.4 is 11.3 Å². The summed E-state index contributed by atoms with van der Waals surface area (Å²) >= 11 is 0. The summed E-state index contributed by atoms with van der Waals surface area (Å²) in [6.45, 7) is 0. The van der Waals surface area contributed by atoms with Gasteiger partial charge in [0.2, 0.25) is 0 Å². The van der Waals surface area contributed by atoms with Crippen molar-refractivity contribution in [2.75, 3.05) is 0 Å². The van der Waals surface area contributed by atoms with Gasteiger partial charge in [-0.3, -0.25) is 11.3 Å². The molecule has 3 N–H and O–H groups in total. The summed E-state index contributed by atoms with van der Waals surface area (Å²) in [5.41, 5.74) is 6.26. The smallest absolute Gasteiger partial charge is 0.134 e. The highest BCUT2D eigenvalue weighted by Crippen LogP contribution is 2.28. The number of para-hydroxylation sites is 1. The quantitative estimate of drug-likeness (QED) is 0.548. The summed E-state index contributed by atoms with van der Waals surface area (Å²) in [7, 11) is 0. The largest absolute Gasteiger partial charge is 0.464 e. The van der Waals surface area contributed by atoms with Crippen molar-refractivity contribution in [2.45, 2.75) is 18.9 Å². The molecular formula is C17H18N2O. The molecule has 0 aliphatic heterocycles. The molecule has 3 nitrogen and oxygen atoms in total. The molecule has 1 aromatic heterocycles. The number of hydrogen-bond acceptors (Lipinski definition) is 3. The fourth-order valence-electron chi connectivity index (χ4n) is 2.55. The molecule has 0 spiro atoms. The maximum absolute atomic E-state index is 5.73. The predicted octanol–water partition coefficient (Wildman–Crippen LogP) is 3.57. The minimum absolute atomic E-state index is 0.0962. The van der Waals surface area contributed by atoms with Crippen molar-refractivity contribution in [1.82, 2.24) is 5.43 Å². The van der Waals surface area contributed by atoms with Crippen molar-refractivity contribution >= 4 is 11.0 Å². The summed E-state index contributed by atoms with van der Waals surface area (Å²) in [6, 6.07) is 18.6. The molecule has 0 aliphatic rings. The third-order valence-electron chi connectivity index (χ3n) is 3.65. The Morgan fingerprint density at radius 3 is 2.55 bits per heavy atom. The lowest BCUT2D eigenvalue weighted by Crippen LogP contribution is -2.28. The minimum Gasteiger partial charge on any atom is -0.464 e. The molecule has 0 bridgehead atoms. The summed E-state index contributed by atoms with van der Waals surface area (Å²) in [6.07, 6.45) is 3.72. The van der Waals surface area contributed by atoms with E-state index in [1.165, 1.54) is 5.56 Å². The molecule has 0 fully saturated rings. The third kappa shape index (κ3) is 2.59. The Labute approximate surface area is 118 Å². The molecule has 3 rings (SSSR count). The lowest BCUT2D eigenvalue weighted by molar-refractivity contribution is 0.507. The van der Waals surface area contributed by atoms with Crippen LogP contribution >= 0.6 is 0 Å². The Bertz CT molecular complexity index is 676. The van der Waals surface area contributed by atoms with Gasteiger partial charge in [-0.25, -0.2) is 0 Å². The van der Waals surface area contributed by atoms with Crippen LogP contribution in [-0.2, 0) is 6.42 Å². The molecule has 1 heterocycles. The second kappa shape index (κ2) is 5.90. The summed E-state index contributed by atoms with van der Waals surface area (Å²) < 4.78 is 5.59. The summed E-state index contributed by atoms with van der Waals surface area (Å²) in [5, 5.41) is 1.13. The lowest BCUT2D eigenvalue weighted by Gasteiger charge is -2.14. The highest BCUT2D eigenvalue weighted by Gasteiger charge is 2.15. The Hall–Kier alpha value is -2.10. The van der Waals surface area contributed by atoms with E-state index in [-0.39, 0.29) is 6.04 Å². The second-order valence-electron chi connectivity index (χ2n) is 4.93. The van der Waals surface area contributed by atoms with E-state index in [4.69, 9.17) is 10.3 Å². The van der Waals surface area contributed by atoms with E-state index in [1.807, 2.05) is 24.3 Å². The van der Waals surface area contributed by atoms with Crippen LogP contribution in [0.2, 0.25) is 0 Å². The molecule has 1 unspecified atom stereocenters. The molecule has 0 saturated carbocycles. The highest BCUT2D eigenvalue weighted by molar-refractivity contribution is 5.81. The topological polar surface area (TPSA) is 51.2 Å². The zero-order valence-electron chi connectivity index (χ0n) is 11.3. The molecule has 3 heteroatoms. The van der Waals surface area contributed by atoms with Crippen LogP contribution in [0.3, 0.4) is 0 Å². The second-order valence-corrected chi connectivity index (χ2v) is 4.93. The van der Waals surface area contributed by atoms with Crippen LogP contribution in [0.1, 0.15) is 23.6 Å². The van der Waals surface area contributed by atoms with Gasteiger partial charge in [0.05, 0.1) is 12.3 Å². The number of nitrogens with two attached hydrogens (primary N) is 1. The highest BCUT2D eigenvalue weighted by atomic mass is 16.3. The Morgan fingerprint density at radius 2 is 1.75 bits per heavy atom. The summed E-state index contributed by atoms with van der Waals surface area (Å²) in [4.78, 5) is 0. The normalized spacial score (nSPS) is 12.7. The minimum atomic E-state index is 0.0962.